The van der Waals surface area contributed by atoms with Gasteiger partial charge in [0, 0.05) is 0 Å². The van der Waals surface area contributed by atoms with Crippen LogP contribution in [0.5, 0.6) is 5.75 Å². The summed E-state index contributed by atoms with van der Waals surface area (Å²) >= 11 is 12.2. The molecular weight excluding hydrogens is 431 g/mol. The Bertz CT molecular complexity index is 1300. The van der Waals surface area contributed by atoms with Crippen molar-refractivity contribution in [2.24, 2.45) is 0 Å². The molecule has 142 valence electrons. The minimum Gasteiger partial charge on any atom is -0.376 e. The molecule has 0 saturated heterocycles. The zero-order valence-electron chi connectivity index (χ0n) is 13.6. The Kier molecular flexibility index (Phi) is 5.24. The number of aromatic nitrogens is 3. The third-order valence-electron chi connectivity index (χ3n) is 3.39. The first-order valence-corrected chi connectivity index (χ1v) is 9.52. The van der Waals surface area contributed by atoms with Crippen LogP contribution in [-0.4, -0.2) is 23.2 Å². The van der Waals surface area contributed by atoms with Crippen molar-refractivity contribution in [1.82, 2.24) is 14.8 Å². The fraction of sp³-hybridized carbons (Fsp3) is 0. The Morgan fingerprint density at radius 3 is 2.29 bits per heavy atom. The number of nitrogens with one attached hydrogen (secondary N) is 1. The van der Waals surface area contributed by atoms with Crippen molar-refractivity contribution in [3.05, 3.63) is 79.0 Å². The number of hydrogen-bond acceptors (Lipinski definition) is 7. The average Bonchev–Trinajstić information content (AvgIpc) is 2.65. The Balaban J connectivity index is 2.07. The van der Waals surface area contributed by atoms with Crippen LogP contribution in [0, 0.1) is 11.3 Å². The summed E-state index contributed by atoms with van der Waals surface area (Å²) in [5.41, 5.74) is -2.47. The second-order valence-corrected chi connectivity index (χ2v) is 7.58. The highest BCUT2D eigenvalue weighted by Gasteiger charge is 2.21. The molecule has 12 heteroatoms. The molecule has 3 aromatic rings. The molecule has 0 aliphatic carbocycles. The smallest absolute Gasteiger partial charge is 0.349 e. The van der Waals surface area contributed by atoms with Crippen LogP contribution in [0.3, 0.4) is 0 Å². The summed E-state index contributed by atoms with van der Waals surface area (Å²) < 4.78 is 30.4. The lowest BCUT2D eigenvalue weighted by Gasteiger charge is -2.12. The molecule has 9 nitrogen and oxygen atoms in total. The molecular formula is C16H8Cl2N4O5S. The van der Waals surface area contributed by atoms with E-state index >= 15 is 0 Å². The van der Waals surface area contributed by atoms with Crippen LogP contribution in [-0.2, 0) is 10.1 Å². The van der Waals surface area contributed by atoms with E-state index in [-0.39, 0.29) is 26.4 Å². The van der Waals surface area contributed by atoms with E-state index < -0.39 is 27.1 Å². The molecule has 0 saturated carbocycles. The standard InChI is InChI=1S/C16H8Cl2N4O5S/c17-11-6-9(22-16(24)20-15(23)13(8-19)21-22)7-12(18)14(11)27-28(25,26)10-4-2-1-3-5-10/h1-7H,(H,20,23,24). The largest absolute Gasteiger partial charge is 0.376 e. The molecule has 1 aromatic heterocycles. The fourth-order valence-electron chi connectivity index (χ4n) is 2.14. The predicted molar refractivity (Wildman–Crippen MR) is 99.4 cm³/mol. The van der Waals surface area contributed by atoms with Crippen LogP contribution < -0.4 is 15.4 Å². The van der Waals surface area contributed by atoms with Crippen LogP contribution >= 0.6 is 23.2 Å². The molecule has 0 aliphatic rings. The normalized spacial score (nSPS) is 11.0. The van der Waals surface area contributed by atoms with Gasteiger partial charge in [-0.3, -0.25) is 9.78 Å². The highest BCUT2D eigenvalue weighted by atomic mass is 35.5. The lowest BCUT2D eigenvalue weighted by atomic mass is 10.3. The Hall–Kier alpha value is -3.13. The maximum absolute atomic E-state index is 12.4. The number of halogens is 2. The topological polar surface area (TPSA) is 135 Å². The second-order valence-electron chi connectivity index (χ2n) is 5.22. The minimum absolute atomic E-state index is 0.0165. The van der Waals surface area contributed by atoms with Gasteiger partial charge in [0.05, 0.1) is 15.7 Å². The highest BCUT2D eigenvalue weighted by Crippen LogP contribution is 2.36. The summed E-state index contributed by atoms with van der Waals surface area (Å²) in [6.45, 7) is 0. The fourth-order valence-corrected chi connectivity index (χ4v) is 3.77. The molecule has 0 radical (unpaired) electrons. The molecule has 0 unspecified atom stereocenters. The van der Waals surface area contributed by atoms with Gasteiger partial charge in [0.1, 0.15) is 11.0 Å². The van der Waals surface area contributed by atoms with Gasteiger partial charge in [-0.05, 0) is 24.3 Å². The monoisotopic (exact) mass is 438 g/mol. The molecule has 2 aromatic carbocycles. The molecule has 0 aliphatic heterocycles. The quantitative estimate of drug-likeness (QED) is 0.613. The van der Waals surface area contributed by atoms with Crippen molar-refractivity contribution >= 4 is 33.3 Å². The van der Waals surface area contributed by atoms with E-state index in [0.717, 1.165) is 12.1 Å². The number of benzene rings is 2. The number of H-pyrrole nitrogens is 1. The third kappa shape index (κ3) is 3.77. The molecule has 1 heterocycles. The highest BCUT2D eigenvalue weighted by molar-refractivity contribution is 7.87. The van der Waals surface area contributed by atoms with E-state index in [4.69, 9.17) is 32.6 Å². The zero-order valence-corrected chi connectivity index (χ0v) is 15.9. The van der Waals surface area contributed by atoms with E-state index in [0.29, 0.717) is 4.68 Å². The number of hydrogen-bond donors (Lipinski definition) is 1. The summed E-state index contributed by atoms with van der Waals surface area (Å²) in [6, 6.07) is 11.2. The number of aromatic amines is 1. The summed E-state index contributed by atoms with van der Waals surface area (Å²) in [6.07, 6.45) is 0. The van der Waals surface area contributed by atoms with Gasteiger partial charge in [0.15, 0.2) is 5.75 Å². The van der Waals surface area contributed by atoms with Gasteiger partial charge in [-0.25, -0.2) is 4.79 Å². The average molecular weight is 439 g/mol. The van der Waals surface area contributed by atoms with Gasteiger partial charge in [-0.15, -0.1) is 5.10 Å². The second kappa shape index (κ2) is 7.47. The number of nitriles is 1. The van der Waals surface area contributed by atoms with E-state index in [1.165, 1.54) is 30.3 Å². The van der Waals surface area contributed by atoms with Crippen molar-refractivity contribution in [3.8, 4) is 17.5 Å². The SMILES string of the molecule is N#Cc1nn(-c2cc(Cl)c(OS(=O)(=O)c3ccccc3)c(Cl)c2)c(=O)[nH]c1=O. The molecule has 3 rings (SSSR count). The molecule has 28 heavy (non-hydrogen) atoms. The molecule has 0 fully saturated rings. The van der Waals surface area contributed by atoms with Crippen molar-refractivity contribution in [2.45, 2.75) is 4.90 Å². The summed E-state index contributed by atoms with van der Waals surface area (Å²) in [7, 11) is -4.20. The molecule has 0 amide bonds. The van der Waals surface area contributed by atoms with Crippen molar-refractivity contribution in [3.63, 3.8) is 0 Å². The first-order chi connectivity index (χ1) is 13.2. The number of nitrogens with zero attached hydrogens (tertiary/aromatic N) is 3. The Morgan fingerprint density at radius 2 is 1.71 bits per heavy atom. The van der Waals surface area contributed by atoms with E-state index in [1.54, 1.807) is 6.07 Å². The van der Waals surface area contributed by atoms with E-state index in [2.05, 4.69) is 5.10 Å². The lowest BCUT2D eigenvalue weighted by Crippen LogP contribution is -2.33. The molecule has 0 spiro atoms. The summed E-state index contributed by atoms with van der Waals surface area (Å²) in [5.74, 6) is -0.353. The lowest BCUT2D eigenvalue weighted by molar-refractivity contribution is 0.486. The van der Waals surface area contributed by atoms with Gasteiger partial charge >= 0.3 is 15.8 Å². The van der Waals surface area contributed by atoms with E-state index in [1.807, 2.05) is 4.98 Å². The maximum Gasteiger partial charge on any atom is 0.349 e. The van der Waals surface area contributed by atoms with Crippen molar-refractivity contribution in [1.29, 1.82) is 5.26 Å². The van der Waals surface area contributed by atoms with Crippen molar-refractivity contribution < 1.29 is 12.6 Å². The van der Waals surface area contributed by atoms with Crippen LogP contribution in [0.25, 0.3) is 5.69 Å². The molecule has 0 bridgehead atoms. The Morgan fingerprint density at radius 1 is 1.11 bits per heavy atom. The van der Waals surface area contributed by atoms with Gasteiger partial charge < -0.3 is 4.18 Å². The third-order valence-corrected chi connectivity index (χ3v) is 5.18. The predicted octanol–water partition coefficient (Wildman–Crippen LogP) is 1.87. The first-order valence-electron chi connectivity index (χ1n) is 7.35. The van der Waals surface area contributed by atoms with Crippen LogP contribution in [0.1, 0.15) is 5.69 Å². The van der Waals surface area contributed by atoms with Crippen LogP contribution in [0.2, 0.25) is 10.0 Å². The maximum atomic E-state index is 12.4. The Labute approximate surface area is 167 Å². The van der Waals surface area contributed by atoms with Gasteiger partial charge in [-0.2, -0.15) is 18.4 Å². The number of rotatable bonds is 4. The van der Waals surface area contributed by atoms with Gasteiger partial charge in [0.25, 0.3) is 5.56 Å². The minimum atomic E-state index is -4.20. The van der Waals surface area contributed by atoms with Gasteiger partial charge in [-0.1, -0.05) is 41.4 Å². The van der Waals surface area contributed by atoms with Crippen molar-refractivity contribution in [2.75, 3.05) is 0 Å². The van der Waals surface area contributed by atoms with Gasteiger partial charge in [0.2, 0.25) is 5.69 Å². The summed E-state index contributed by atoms with van der Waals surface area (Å²) in [4.78, 5) is 25.2. The molecule has 0 atom stereocenters. The van der Waals surface area contributed by atoms with Crippen LogP contribution in [0.4, 0.5) is 0 Å². The van der Waals surface area contributed by atoms with Crippen LogP contribution in [0.15, 0.2) is 56.9 Å². The molecule has 1 N–H and O–H groups in total. The van der Waals surface area contributed by atoms with E-state index in [9.17, 15) is 18.0 Å². The zero-order chi connectivity index (χ0) is 20.5. The summed E-state index contributed by atoms with van der Waals surface area (Å²) in [5, 5.41) is 12.0. The first kappa shape index (κ1) is 19.6.